The van der Waals surface area contributed by atoms with Gasteiger partial charge in [-0.25, -0.2) is 13.1 Å². The summed E-state index contributed by atoms with van der Waals surface area (Å²) < 4.78 is 31.2. The van der Waals surface area contributed by atoms with Crippen molar-refractivity contribution in [1.29, 1.82) is 0 Å². The van der Waals surface area contributed by atoms with Gasteiger partial charge in [-0.3, -0.25) is 4.79 Å². The fourth-order valence-electron chi connectivity index (χ4n) is 1.29. The molecule has 0 aliphatic carbocycles. The minimum atomic E-state index is -3.61. The summed E-state index contributed by atoms with van der Waals surface area (Å²) in [4.78, 5) is 13.2. The fourth-order valence-corrected chi connectivity index (χ4v) is 2.56. The highest BCUT2D eigenvalue weighted by Gasteiger charge is 2.18. The van der Waals surface area contributed by atoms with E-state index in [1.807, 2.05) is 6.92 Å². The van der Waals surface area contributed by atoms with Crippen molar-refractivity contribution in [1.82, 2.24) is 9.71 Å². The van der Waals surface area contributed by atoms with Gasteiger partial charge in [0.15, 0.2) is 0 Å². The van der Waals surface area contributed by atoms with Gasteiger partial charge in [-0.2, -0.15) is 0 Å². The highest BCUT2D eigenvalue weighted by atomic mass is 32.2. The molecule has 1 unspecified atom stereocenters. The zero-order valence-electron chi connectivity index (χ0n) is 9.76. The molecular formula is C10H16N2O4S. The van der Waals surface area contributed by atoms with E-state index >= 15 is 0 Å². The number of H-pyrrole nitrogens is 1. The summed E-state index contributed by atoms with van der Waals surface area (Å²) in [7, 11) is -2.10. The van der Waals surface area contributed by atoms with Gasteiger partial charge in [-0.1, -0.05) is 6.92 Å². The van der Waals surface area contributed by atoms with Gasteiger partial charge in [0.05, 0.1) is 11.5 Å². The first kappa shape index (κ1) is 13.9. The maximum atomic E-state index is 11.9. The second-order valence-electron chi connectivity index (χ2n) is 3.57. The number of pyridine rings is 1. The van der Waals surface area contributed by atoms with Crippen molar-refractivity contribution in [3.05, 3.63) is 28.7 Å². The first-order valence-corrected chi connectivity index (χ1v) is 6.68. The average Bonchev–Trinajstić information content (AvgIpc) is 2.28. The molecule has 0 aromatic carbocycles. The first-order chi connectivity index (χ1) is 7.99. The average molecular weight is 260 g/mol. The van der Waals surface area contributed by atoms with Crippen molar-refractivity contribution in [2.45, 2.75) is 24.3 Å². The van der Waals surface area contributed by atoms with E-state index in [0.717, 1.165) is 0 Å². The molecule has 0 fully saturated rings. The Morgan fingerprint density at radius 1 is 1.47 bits per heavy atom. The topological polar surface area (TPSA) is 88.3 Å². The van der Waals surface area contributed by atoms with Crippen LogP contribution in [0.1, 0.15) is 13.3 Å². The normalized spacial score (nSPS) is 13.5. The second kappa shape index (κ2) is 5.95. The molecule has 0 aliphatic heterocycles. The molecule has 0 saturated heterocycles. The van der Waals surface area contributed by atoms with E-state index in [9.17, 15) is 13.2 Å². The third-order valence-corrected chi connectivity index (χ3v) is 3.77. The molecule has 7 heteroatoms. The number of hydrogen-bond acceptors (Lipinski definition) is 4. The number of aromatic amines is 1. The number of sulfonamides is 1. The van der Waals surface area contributed by atoms with Crippen molar-refractivity contribution >= 4 is 10.0 Å². The molecule has 0 aliphatic rings. The Kier molecular flexibility index (Phi) is 4.86. The van der Waals surface area contributed by atoms with Crippen molar-refractivity contribution in [3.63, 3.8) is 0 Å². The van der Waals surface area contributed by atoms with Crippen LogP contribution in [0.3, 0.4) is 0 Å². The van der Waals surface area contributed by atoms with E-state index in [4.69, 9.17) is 4.74 Å². The molecule has 0 bridgehead atoms. The van der Waals surface area contributed by atoms with Gasteiger partial charge in [-0.15, -0.1) is 0 Å². The maximum Gasteiger partial charge on any atom is 0.247 e. The Hall–Kier alpha value is -1.18. The van der Waals surface area contributed by atoms with Gasteiger partial charge >= 0.3 is 0 Å². The predicted octanol–water partition coefficient (Wildman–Crippen LogP) is 0.0782. The van der Waals surface area contributed by atoms with Crippen molar-refractivity contribution < 1.29 is 13.2 Å². The summed E-state index contributed by atoms with van der Waals surface area (Å²) in [6.07, 6.45) is 1.79. The molecule has 0 spiro atoms. The number of hydrogen-bond donors (Lipinski definition) is 2. The Morgan fingerprint density at radius 3 is 2.65 bits per heavy atom. The molecule has 96 valence electrons. The van der Waals surface area contributed by atoms with Crippen LogP contribution in [-0.4, -0.2) is 33.2 Å². The summed E-state index contributed by atoms with van der Waals surface area (Å²) in [5, 5.41) is 0. The zero-order chi connectivity index (χ0) is 12.9. The Bertz CT molecular complexity index is 489. The molecule has 1 atom stereocenters. The minimum Gasteiger partial charge on any atom is -0.383 e. The molecule has 1 aromatic rings. The van der Waals surface area contributed by atoms with Crippen LogP contribution in [0.25, 0.3) is 0 Å². The summed E-state index contributed by atoms with van der Waals surface area (Å²) in [6.45, 7) is 2.16. The lowest BCUT2D eigenvalue weighted by molar-refractivity contribution is 0.173. The van der Waals surface area contributed by atoms with Crippen LogP contribution in [0, 0.1) is 0 Å². The van der Waals surface area contributed by atoms with Crippen LogP contribution in [0.5, 0.6) is 0 Å². The predicted molar refractivity (Wildman–Crippen MR) is 63.3 cm³/mol. The summed E-state index contributed by atoms with van der Waals surface area (Å²) in [6, 6.07) is 2.16. The molecule has 0 radical (unpaired) electrons. The number of ether oxygens (including phenoxy) is 1. The molecule has 2 N–H and O–H groups in total. The molecule has 6 nitrogen and oxygen atoms in total. The second-order valence-corrected chi connectivity index (χ2v) is 5.28. The lowest BCUT2D eigenvalue weighted by Crippen LogP contribution is -2.37. The van der Waals surface area contributed by atoms with Gasteiger partial charge in [-0.05, 0) is 12.5 Å². The number of nitrogens with one attached hydrogen (secondary N) is 2. The first-order valence-electron chi connectivity index (χ1n) is 5.19. The van der Waals surface area contributed by atoms with E-state index in [-0.39, 0.29) is 16.5 Å². The van der Waals surface area contributed by atoms with Crippen molar-refractivity contribution in [3.8, 4) is 0 Å². The van der Waals surface area contributed by atoms with Crippen LogP contribution >= 0.6 is 0 Å². The Balaban J connectivity index is 2.88. The molecule has 1 heterocycles. The summed E-state index contributed by atoms with van der Waals surface area (Å²) in [5.41, 5.74) is -0.340. The Labute approximate surface area is 100 Å². The molecule has 0 saturated carbocycles. The van der Waals surface area contributed by atoms with Crippen LogP contribution < -0.4 is 10.3 Å². The monoisotopic (exact) mass is 260 g/mol. The number of aromatic nitrogens is 1. The van der Waals surface area contributed by atoms with E-state index in [0.29, 0.717) is 13.0 Å². The standard InChI is InChI=1S/C10H16N2O4S/c1-3-8(7-16-2)12-17(14,15)9-4-5-10(13)11-6-9/h4-6,8,12H,3,7H2,1-2H3,(H,11,13). The van der Waals surface area contributed by atoms with E-state index in [1.165, 1.54) is 25.4 Å². The van der Waals surface area contributed by atoms with E-state index in [2.05, 4.69) is 9.71 Å². The largest absolute Gasteiger partial charge is 0.383 e. The summed E-state index contributed by atoms with van der Waals surface area (Å²) >= 11 is 0. The van der Waals surface area contributed by atoms with E-state index < -0.39 is 10.0 Å². The zero-order valence-corrected chi connectivity index (χ0v) is 10.6. The van der Waals surface area contributed by atoms with Crippen molar-refractivity contribution in [2.75, 3.05) is 13.7 Å². The lowest BCUT2D eigenvalue weighted by atomic mass is 10.3. The lowest BCUT2D eigenvalue weighted by Gasteiger charge is -2.15. The van der Waals surface area contributed by atoms with Crippen LogP contribution in [0.15, 0.2) is 28.0 Å². The van der Waals surface area contributed by atoms with Crippen LogP contribution in [0.2, 0.25) is 0 Å². The van der Waals surface area contributed by atoms with Gasteiger partial charge in [0.1, 0.15) is 0 Å². The molecule has 1 rings (SSSR count). The highest BCUT2D eigenvalue weighted by Crippen LogP contribution is 2.06. The third kappa shape index (κ3) is 3.95. The van der Waals surface area contributed by atoms with Gasteiger partial charge in [0, 0.05) is 25.4 Å². The number of methoxy groups -OCH3 is 1. The SMILES string of the molecule is CCC(COC)NS(=O)(=O)c1ccc(=O)[nH]c1. The molecular weight excluding hydrogens is 244 g/mol. The smallest absolute Gasteiger partial charge is 0.247 e. The number of rotatable bonds is 6. The maximum absolute atomic E-state index is 11.9. The van der Waals surface area contributed by atoms with Gasteiger partial charge < -0.3 is 9.72 Å². The quantitative estimate of drug-likeness (QED) is 0.758. The molecule has 1 aromatic heterocycles. The van der Waals surface area contributed by atoms with Crippen molar-refractivity contribution in [2.24, 2.45) is 0 Å². The van der Waals surface area contributed by atoms with Gasteiger partial charge in [0.25, 0.3) is 0 Å². The highest BCUT2D eigenvalue weighted by molar-refractivity contribution is 7.89. The summed E-state index contributed by atoms with van der Waals surface area (Å²) in [5.74, 6) is 0. The van der Waals surface area contributed by atoms with Crippen LogP contribution in [-0.2, 0) is 14.8 Å². The Morgan fingerprint density at radius 2 is 2.18 bits per heavy atom. The molecule has 17 heavy (non-hydrogen) atoms. The minimum absolute atomic E-state index is 0.0339. The van der Waals surface area contributed by atoms with Crippen LogP contribution in [0.4, 0.5) is 0 Å². The molecule has 0 amide bonds. The van der Waals surface area contributed by atoms with Gasteiger partial charge in [0.2, 0.25) is 15.6 Å². The fraction of sp³-hybridized carbons (Fsp3) is 0.500. The third-order valence-electron chi connectivity index (χ3n) is 2.25. The van der Waals surface area contributed by atoms with E-state index in [1.54, 1.807) is 0 Å².